The van der Waals surface area contributed by atoms with Crippen molar-refractivity contribution in [3.05, 3.63) is 75.4 Å². The number of anilines is 1. The fourth-order valence-corrected chi connectivity index (χ4v) is 5.29. The van der Waals surface area contributed by atoms with Crippen molar-refractivity contribution in [2.24, 2.45) is 0 Å². The number of likely N-dealkylation sites (tertiary alicyclic amines) is 1. The molecular weight excluding hydrogens is 644 g/mol. The molecular formula is C26H26Cl3F3N4O5S. The molecule has 0 radical (unpaired) electrons. The zero-order chi connectivity index (χ0) is 30.9. The lowest BCUT2D eigenvalue weighted by atomic mass is 10.2. The molecule has 0 aliphatic carbocycles. The third-order valence-corrected chi connectivity index (χ3v) is 8.09. The first-order chi connectivity index (χ1) is 19.7. The number of hydrogen-bond acceptors (Lipinski definition) is 7. The number of aromatic nitrogens is 1. The van der Waals surface area contributed by atoms with Crippen molar-refractivity contribution in [1.29, 1.82) is 0 Å². The van der Waals surface area contributed by atoms with Crippen molar-refractivity contribution in [2.75, 3.05) is 30.9 Å². The number of halogens is 6. The number of carboxylic acids is 1. The summed E-state index contributed by atoms with van der Waals surface area (Å²) in [6.07, 6.45) is -1.11. The van der Waals surface area contributed by atoms with E-state index >= 15 is 0 Å². The Morgan fingerprint density at radius 3 is 2.26 bits per heavy atom. The largest absolute Gasteiger partial charge is 0.490 e. The maximum absolute atomic E-state index is 12.9. The molecule has 2 heterocycles. The Balaban J connectivity index is 0.000000616. The number of ether oxygens (including phenoxy) is 1. The molecule has 9 nitrogen and oxygen atoms in total. The van der Waals surface area contributed by atoms with Crippen LogP contribution in [0.1, 0.15) is 18.4 Å². The zero-order valence-electron chi connectivity index (χ0n) is 21.8. The van der Waals surface area contributed by atoms with Crippen LogP contribution in [-0.4, -0.2) is 61.7 Å². The lowest BCUT2D eigenvalue weighted by Crippen LogP contribution is -2.29. The summed E-state index contributed by atoms with van der Waals surface area (Å²) >= 11 is 17.9. The third-order valence-electron chi connectivity index (χ3n) is 5.78. The fourth-order valence-electron chi connectivity index (χ4n) is 3.69. The lowest BCUT2D eigenvalue weighted by molar-refractivity contribution is -0.192. The molecule has 228 valence electrons. The van der Waals surface area contributed by atoms with Crippen molar-refractivity contribution in [2.45, 2.75) is 30.5 Å². The Labute approximate surface area is 255 Å². The highest BCUT2D eigenvalue weighted by atomic mass is 35.5. The molecule has 0 atom stereocenters. The van der Waals surface area contributed by atoms with Crippen LogP contribution in [0.3, 0.4) is 0 Å². The van der Waals surface area contributed by atoms with E-state index in [9.17, 15) is 21.6 Å². The number of pyridine rings is 1. The van der Waals surface area contributed by atoms with Gasteiger partial charge in [-0.3, -0.25) is 4.72 Å². The van der Waals surface area contributed by atoms with Gasteiger partial charge in [-0.25, -0.2) is 18.2 Å². The van der Waals surface area contributed by atoms with Crippen LogP contribution in [0.4, 0.5) is 18.9 Å². The number of sulfonamides is 1. The number of benzene rings is 2. The minimum atomic E-state index is -5.08. The Kier molecular flexibility index (Phi) is 12.1. The van der Waals surface area contributed by atoms with Gasteiger partial charge in [-0.05, 0) is 67.9 Å². The molecule has 0 amide bonds. The molecule has 1 fully saturated rings. The molecule has 0 spiro atoms. The Morgan fingerprint density at radius 2 is 1.67 bits per heavy atom. The molecule has 0 unspecified atom stereocenters. The van der Waals surface area contributed by atoms with Crippen LogP contribution in [0, 0.1) is 0 Å². The van der Waals surface area contributed by atoms with Gasteiger partial charge < -0.3 is 20.1 Å². The summed E-state index contributed by atoms with van der Waals surface area (Å²) in [5, 5.41) is 11.2. The zero-order valence-corrected chi connectivity index (χ0v) is 24.9. The van der Waals surface area contributed by atoms with Crippen LogP contribution in [0.5, 0.6) is 11.6 Å². The second-order valence-corrected chi connectivity index (χ2v) is 11.9. The average molecular weight is 670 g/mol. The first-order valence-electron chi connectivity index (χ1n) is 12.4. The van der Waals surface area contributed by atoms with Crippen molar-refractivity contribution in [3.63, 3.8) is 0 Å². The highest BCUT2D eigenvalue weighted by Crippen LogP contribution is 2.32. The van der Waals surface area contributed by atoms with E-state index in [2.05, 4.69) is 19.9 Å². The molecule has 1 aliphatic heterocycles. The smallest absolute Gasteiger partial charge is 0.475 e. The summed E-state index contributed by atoms with van der Waals surface area (Å²) in [6, 6.07) is 13.0. The molecule has 4 rings (SSSR count). The number of carbonyl (C=O) groups is 1. The molecule has 1 aromatic heterocycles. The Hall–Kier alpha value is -2.81. The standard InChI is InChI=1S/C24H25Cl3N4O3S.C2HF3O2/c25-18-13-23(30-35(32,33)20-7-8-21(26)22(27)14-20)24(29-16-18)34-19-5-3-17(4-6-19)15-28-9-12-31-10-1-2-11-31;3-2(4,5)1(6)7/h3-8,13-14,16,28,30H,1-2,9-12,15H2;(H,6,7). The van der Waals surface area contributed by atoms with Crippen molar-refractivity contribution in [3.8, 4) is 11.6 Å². The normalized spacial score (nSPS) is 13.8. The van der Waals surface area contributed by atoms with Crippen LogP contribution in [0.2, 0.25) is 15.1 Å². The summed E-state index contributed by atoms with van der Waals surface area (Å²) in [5.41, 5.74) is 1.21. The highest BCUT2D eigenvalue weighted by molar-refractivity contribution is 7.92. The molecule has 16 heteroatoms. The Bertz CT molecular complexity index is 1470. The number of nitrogens with zero attached hydrogens (tertiary/aromatic N) is 2. The summed E-state index contributed by atoms with van der Waals surface area (Å²) in [7, 11) is -3.99. The van der Waals surface area contributed by atoms with Gasteiger partial charge in [-0.1, -0.05) is 46.9 Å². The van der Waals surface area contributed by atoms with E-state index in [1.54, 1.807) is 0 Å². The summed E-state index contributed by atoms with van der Waals surface area (Å²) in [6.45, 7) is 5.14. The summed E-state index contributed by atoms with van der Waals surface area (Å²) in [5.74, 6) is -2.18. The maximum Gasteiger partial charge on any atom is 0.490 e. The number of alkyl halides is 3. The number of hydrogen-bond donors (Lipinski definition) is 3. The van der Waals surface area contributed by atoms with Crippen molar-refractivity contribution >= 4 is 56.5 Å². The van der Waals surface area contributed by atoms with Gasteiger partial charge in [-0.15, -0.1) is 0 Å². The van der Waals surface area contributed by atoms with E-state index in [-0.39, 0.29) is 31.5 Å². The lowest BCUT2D eigenvalue weighted by Gasteiger charge is -2.15. The van der Waals surface area contributed by atoms with E-state index in [1.807, 2.05) is 24.3 Å². The first-order valence-corrected chi connectivity index (χ1v) is 15.0. The van der Waals surface area contributed by atoms with Crippen LogP contribution >= 0.6 is 34.8 Å². The van der Waals surface area contributed by atoms with E-state index in [0.717, 1.165) is 25.2 Å². The van der Waals surface area contributed by atoms with E-state index in [1.165, 1.54) is 56.4 Å². The quantitative estimate of drug-likeness (QED) is 0.211. The fraction of sp³-hybridized carbons (Fsp3) is 0.308. The number of rotatable bonds is 10. The predicted octanol–water partition coefficient (Wildman–Crippen LogP) is 6.45. The first kappa shape index (κ1) is 33.7. The van der Waals surface area contributed by atoms with Gasteiger partial charge >= 0.3 is 12.1 Å². The van der Waals surface area contributed by atoms with Crippen LogP contribution < -0.4 is 14.8 Å². The van der Waals surface area contributed by atoms with Gasteiger partial charge in [0.15, 0.2) is 0 Å². The SMILES string of the molecule is O=C(O)C(F)(F)F.O=S(=O)(Nc1cc(Cl)cnc1Oc1ccc(CNCCN2CCCC2)cc1)c1ccc(Cl)c(Cl)c1. The number of carboxylic acid groups (broad SMARTS) is 1. The monoisotopic (exact) mass is 668 g/mol. The van der Waals surface area contributed by atoms with Gasteiger partial charge in [0.1, 0.15) is 11.4 Å². The van der Waals surface area contributed by atoms with Crippen molar-refractivity contribution in [1.82, 2.24) is 15.2 Å². The second-order valence-electron chi connectivity index (χ2n) is 8.96. The number of nitrogens with one attached hydrogen (secondary N) is 2. The topological polar surface area (TPSA) is 121 Å². The second kappa shape index (κ2) is 15.1. The predicted molar refractivity (Wildman–Crippen MR) is 154 cm³/mol. The molecule has 0 saturated carbocycles. The van der Waals surface area contributed by atoms with Crippen LogP contribution in [-0.2, 0) is 21.4 Å². The highest BCUT2D eigenvalue weighted by Gasteiger charge is 2.38. The molecule has 3 N–H and O–H groups in total. The molecule has 1 saturated heterocycles. The Morgan fingerprint density at radius 1 is 1.02 bits per heavy atom. The van der Waals surface area contributed by atoms with Gasteiger partial charge in [0, 0.05) is 25.8 Å². The summed E-state index contributed by atoms with van der Waals surface area (Å²) in [4.78, 5) is 15.5. The van der Waals surface area contributed by atoms with E-state index in [4.69, 9.17) is 49.4 Å². The third kappa shape index (κ3) is 10.5. The average Bonchev–Trinajstić information content (AvgIpc) is 3.44. The van der Waals surface area contributed by atoms with E-state index in [0.29, 0.717) is 5.75 Å². The van der Waals surface area contributed by atoms with Gasteiger partial charge in [-0.2, -0.15) is 13.2 Å². The van der Waals surface area contributed by atoms with Crippen molar-refractivity contribution < 1.29 is 36.2 Å². The molecule has 2 aromatic carbocycles. The minimum absolute atomic E-state index is 0.0561. The minimum Gasteiger partial charge on any atom is -0.475 e. The molecule has 0 bridgehead atoms. The molecule has 1 aliphatic rings. The van der Waals surface area contributed by atoms with E-state index < -0.39 is 22.2 Å². The van der Waals surface area contributed by atoms with Crippen LogP contribution in [0.25, 0.3) is 0 Å². The van der Waals surface area contributed by atoms with Gasteiger partial charge in [0.05, 0.1) is 20.0 Å². The van der Waals surface area contributed by atoms with Gasteiger partial charge in [0.25, 0.3) is 10.0 Å². The summed E-state index contributed by atoms with van der Waals surface area (Å²) < 4.78 is 65.8. The molecule has 3 aromatic rings. The maximum atomic E-state index is 12.9. The van der Waals surface area contributed by atoms with Crippen LogP contribution in [0.15, 0.2) is 59.6 Å². The van der Waals surface area contributed by atoms with Gasteiger partial charge in [0.2, 0.25) is 5.88 Å². The number of aliphatic carboxylic acids is 1. The molecule has 42 heavy (non-hydrogen) atoms.